The Hall–Kier alpha value is -0.0400. The highest BCUT2D eigenvalue weighted by atomic mass is 14.5. The smallest absolute Gasteiger partial charge is 0.0425 e. The third kappa shape index (κ3) is 1.96. The van der Waals surface area contributed by atoms with Gasteiger partial charge in [-0.2, -0.15) is 0 Å². The van der Waals surface area contributed by atoms with Gasteiger partial charge in [-0.15, -0.1) is 0 Å². The van der Waals surface area contributed by atoms with Gasteiger partial charge in [-0.1, -0.05) is 6.85 Å². The molecule has 0 aromatic rings. The molecule has 0 aliphatic carbocycles. The van der Waals surface area contributed by atoms with Crippen LogP contribution in [0.2, 0.25) is 0 Å². The average Bonchev–Trinajstić information content (AvgIpc) is 1.58. The lowest BCUT2D eigenvalue weighted by atomic mass is 10.5. The van der Waals surface area contributed by atoms with Crippen LogP contribution in [0.5, 0.6) is 0 Å². The molecule has 0 amide bonds. The SMILES string of the molecule is [2H]C([2H])([2H])C([2H])([2H])C([2H])([2H])N. The van der Waals surface area contributed by atoms with E-state index in [4.69, 9.17) is 15.3 Å². The van der Waals surface area contributed by atoms with Crippen molar-refractivity contribution in [2.75, 3.05) is 6.50 Å². The molecule has 0 aliphatic heterocycles. The summed E-state index contributed by atoms with van der Waals surface area (Å²) < 4.78 is 47.0. The van der Waals surface area contributed by atoms with E-state index in [0.717, 1.165) is 0 Å². The van der Waals surface area contributed by atoms with Gasteiger partial charge >= 0.3 is 0 Å². The van der Waals surface area contributed by atoms with Crippen LogP contribution in [0.15, 0.2) is 0 Å². The van der Waals surface area contributed by atoms with E-state index in [9.17, 15) is 0 Å². The summed E-state index contributed by atoms with van der Waals surface area (Å²) in [5, 5.41) is 0. The Morgan fingerprint density at radius 1 is 2.50 bits per heavy atom. The first kappa shape index (κ1) is 0.350. The van der Waals surface area contributed by atoms with Crippen molar-refractivity contribution in [1.82, 2.24) is 0 Å². The molecule has 0 bridgehead atoms. The lowest BCUT2D eigenvalue weighted by Gasteiger charge is -1.70. The molecule has 0 radical (unpaired) electrons. The van der Waals surface area contributed by atoms with Crippen molar-refractivity contribution in [1.29, 1.82) is 0 Å². The Kier molecular flexibility index (Phi) is 0.259. The Balaban J connectivity index is 4.75. The Labute approximate surface area is 36.6 Å². The topological polar surface area (TPSA) is 26.0 Å². The first-order valence-corrected chi connectivity index (χ1v) is 0.789. The van der Waals surface area contributed by atoms with Gasteiger partial charge in [0.2, 0.25) is 0 Å². The van der Waals surface area contributed by atoms with Crippen molar-refractivity contribution in [3.8, 4) is 0 Å². The Morgan fingerprint density at radius 3 is 3.25 bits per heavy atom. The van der Waals surface area contributed by atoms with Crippen LogP contribution in [0.4, 0.5) is 0 Å². The highest BCUT2D eigenvalue weighted by Crippen LogP contribution is 1.57. The van der Waals surface area contributed by atoms with E-state index in [1.54, 1.807) is 0 Å². The highest BCUT2D eigenvalue weighted by Gasteiger charge is 1.55. The number of rotatable bonds is 1. The van der Waals surface area contributed by atoms with E-state index in [0.29, 0.717) is 0 Å². The molecule has 0 saturated carbocycles. The molecule has 0 atom stereocenters. The number of hydrogen-bond donors (Lipinski definition) is 1. The molecule has 0 heterocycles. The maximum atomic E-state index is 6.83. The highest BCUT2D eigenvalue weighted by molar-refractivity contribution is 4.19. The van der Waals surface area contributed by atoms with E-state index in [1.165, 1.54) is 0 Å². The molecule has 0 rings (SSSR count). The molecule has 1 heteroatoms. The maximum absolute atomic E-state index is 6.83. The summed E-state index contributed by atoms with van der Waals surface area (Å²) in [6.45, 7) is -5.89. The fourth-order valence-corrected chi connectivity index (χ4v) is 0. The average molecular weight is 66.2 g/mol. The van der Waals surface area contributed by atoms with Crippen molar-refractivity contribution in [3.05, 3.63) is 0 Å². The summed E-state index contributed by atoms with van der Waals surface area (Å²) in [5.74, 6) is 0. The van der Waals surface area contributed by atoms with Gasteiger partial charge in [0.1, 0.15) is 0 Å². The Bertz CT molecular complexity index is 125. The van der Waals surface area contributed by atoms with Crippen LogP contribution in [0.25, 0.3) is 0 Å². The van der Waals surface area contributed by atoms with Crippen LogP contribution in [0.1, 0.15) is 22.8 Å². The molecule has 2 N–H and O–H groups in total. The van der Waals surface area contributed by atoms with Crippen molar-refractivity contribution in [2.45, 2.75) is 13.2 Å². The molecule has 0 unspecified atom stereocenters. The maximum Gasteiger partial charge on any atom is 0.0425 e. The normalized spacial score (nSPS) is 43.8. The van der Waals surface area contributed by atoms with Gasteiger partial charge in [0.15, 0.2) is 0 Å². The second kappa shape index (κ2) is 2.96. The molecule has 0 fully saturated rings. The minimum absolute atomic E-state index is 2.85. The molecule has 26 valence electrons. The fraction of sp³-hybridized carbons (Fsp3) is 1.00. The molecule has 0 spiro atoms. The van der Waals surface area contributed by atoms with Crippen LogP contribution in [-0.4, -0.2) is 6.50 Å². The largest absolute Gasteiger partial charge is 0.330 e. The number of nitrogens with two attached hydrogens (primary N) is 1. The first-order valence-electron chi connectivity index (χ1n) is 4.29. The summed E-state index contributed by atoms with van der Waals surface area (Å²) in [5.41, 5.74) is 4.70. The zero-order valence-electron chi connectivity index (χ0n) is 9.08. The molecule has 0 aromatic carbocycles. The minimum Gasteiger partial charge on any atom is -0.330 e. The van der Waals surface area contributed by atoms with Crippen LogP contribution in [0.3, 0.4) is 0 Å². The quantitative estimate of drug-likeness (QED) is 0.469. The molecule has 0 saturated heterocycles. The minimum atomic E-state index is -3.04. The second-order valence-corrected chi connectivity index (χ2v) is 0.269. The van der Waals surface area contributed by atoms with Gasteiger partial charge < -0.3 is 5.73 Å². The van der Waals surface area contributed by atoms with Crippen molar-refractivity contribution in [3.63, 3.8) is 0 Å². The van der Waals surface area contributed by atoms with Crippen molar-refractivity contribution in [2.24, 2.45) is 5.73 Å². The van der Waals surface area contributed by atoms with Crippen LogP contribution < -0.4 is 5.73 Å². The zero-order chi connectivity index (χ0) is 9.50. The monoisotopic (exact) mass is 66.1 g/mol. The fourth-order valence-electron chi connectivity index (χ4n) is 0. The lowest BCUT2D eigenvalue weighted by molar-refractivity contribution is 0.932. The van der Waals surface area contributed by atoms with E-state index < -0.39 is 19.7 Å². The summed E-state index contributed by atoms with van der Waals surface area (Å²) in [7, 11) is 0. The van der Waals surface area contributed by atoms with E-state index >= 15 is 0 Å². The predicted octanol–water partition coefficient (Wildman–Crippen LogP) is 0.355. The van der Waals surface area contributed by atoms with E-state index in [1.807, 2.05) is 0 Å². The van der Waals surface area contributed by atoms with E-state index in [-0.39, 0.29) is 0 Å². The Morgan fingerprint density at radius 2 is 3.25 bits per heavy atom. The van der Waals surface area contributed by atoms with Gasteiger partial charge in [0, 0.05) is 9.60 Å². The summed E-state index contributed by atoms with van der Waals surface area (Å²) >= 11 is 0. The van der Waals surface area contributed by atoms with Gasteiger partial charge in [0.05, 0.1) is 0 Å². The van der Waals surface area contributed by atoms with Crippen molar-refractivity contribution < 1.29 is 9.60 Å². The van der Waals surface area contributed by atoms with Gasteiger partial charge in [0.25, 0.3) is 0 Å². The zero-order valence-corrected chi connectivity index (χ0v) is 2.08. The third-order valence-electron chi connectivity index (χ3n) is 0.0722. The summed E-state index contributed by atoms with van der Waals surface area (Å²) in [4.78, 5) is 0. The molecular formula is C3H9N. The first-order chi connectivity index (χ1) is 4.50. The third-order valence-corrected chi connectivity index (χ3v) is 0.0722. The molecular weight excluding hydrogens is 50.0 g/mol. The summed E-state index contributed by atoms with van der Waals surface area (Å²) in [6, 6.07) is 0. The van der Waals surface area contributed by atoms with Gasteiger partial charge in [-0.3, -0.25) is 0 Å². The predicted molar refractivity (Wildman–Crippen MR) is 19.3 cm³/mol. The van der Waals surface area contributed by atoms with Crippen LogP contribution >= 0.6 is 0 Å². The van der Waals surface area contributed by atoms with E-state index in [2.05, 4.69) is 0 Å². The summed E-state index contributed by atoms with van der Waals surface area (Å²) in [6.07, 6.45) is -3.01. The lowest BCUT2D eigenvalue weighted by Crippen LogP contribution is -1.93. The van der Waals surface area contributed by atoms with Gasteiger partial charge in [-0.05, 0) is 12.9 Å². The van der Waals surface area contributed by atoms with Gasteiger partial charge in [-0.25, -0.2) is 0 Å². The molecule has 1 nitrogen and oxygen atoms in total. The van der Waals surface area contributed by atoms with Crippen molar-refractivity contribution >= 4 is 0 Å². The molecule has 0 aliphatic rings. The molecule has 4 heavy (non-hydrogen) atoms. The molecule has 0 aromatic heterocycles. The number of hydrogen-bond acceptors (Lipinski definition) is 1. The second-order valence-electron chi connectivity index (χ2n) is 0.269. The van der Waals surface area contributed by atoms with Crippen LogP contribution in [-0.2, 0) is 0 Å². The standard InChI is InChI=1S/C3H9N/c1-2-3-4/h2-4H2,1H3/i1D3,2D2,3D2. The van der Waals surface area contributed by atoms with Crippen LogP contribution in [0, 0.1) is 0 Å².